The zero-order valence-electron chi connectivity index (χ0n) is 15.6. The quantitative estimate of drug-likeness (QED) is 0.712. The van der Waals surface area contributed by atoms with Crippen LogP contribution in [0.25, 0.3) is 0 Å². The summed E-state index contributed by atoms with van der Waals surface area (Å²) in [4.78, 5) is 12.2. The zero-order chi connectivity index (χ0) is 18.1. The van der Waals surface area contributed by atoms with Gasteiger partial charge in [0.2, 0.25) is 0 Å². The molecule has 1 aliphatic rings. The second-order valence-electron chi connectivity index (χ2n) is 8.36. The molecule has 23 heavy (non-hydrogen) atoms. The number of amides is 1. The van der Waals surface area contributed by atoms with Gasteiger partial charge in [-0.15, -0.1) is 0 Å². The molecular formula is C15H31NO5SSi. The first-order chi connectivity index (χ1) is 10.2. The van der Waals surface area contributed by atoms with E-state index in [-0.39, 0.29) is 17.7 Å². The molecule has 0 radical (unpaired) electrons. The van der Waals surface area contributed by atoms with Gasteiger partial charge in [-0.2, -0.15) is 4.31 Å². The summed E-state index contributed by atoms with van der Waals surface area (Å²) in [6.45, 7) is 17.0. The number of rotatable bonds is 4. The molecule has 2 atom stereocenters. The van der Waals surface area contributed by atoms with E-state index in [0.717, 1.165) is 0 Å². The van der Waals surface area contributed by atoms with Crippen molar-refractivity contribution in [2.24, 2.45) is 0 Å². The van der Waals surface area contributed by atoms with Crippen LogP contribution in [-0.4, -0.2) is 47.8 Å². The largest absolute Gasteiger partial charge is 0.443 e. The molecule has 1 saturated heterocycles. The van der Waals surface area contributed by atoms with E-state index in [0.29, 0.717) is 13.0 Å². The van der Waals surface area contributed by atoms with Gasteiger partial charge in [-0.1, -0.05) is 20.8 Å². The predicted molar refractivity (Wildman–Crippen MR) is 93.7 cm³/mol. The van der Waals surface area contributed by atoms with Gasteiger partial charge in [-0.3, -0.25) is 4.18 Å². The molecular weight excluding hydrogens is 334 g/mol. The highest BCUT2D eigenvalue weighted by atomic mass is 32.2. The molecule has 0 aliphatic carbocycles. The summed E-state index contributed by atoms with van der Waals surface area (Å²) >= 11 is -1.78. The first-order valence-electron chi connectivity index (χ1n) is 7.96. The molecule has 0 aromatic rings. The average Bonchev–Trinajstić information content (AvgIpc) is 2.66. The highest BCUT2D eigenvalue weighted by molar-refractivity contribution is 7.78. The van der Waals surface area contributed by atoms with Crippen LogP contribution >= 0.6 is 0 Å². The Kier molecular flexibility index (Phi) is 6.45. The van der Waals surface area contributed by atoms with E-state index in [1.54, 1.807) is 20.8 Å². The lowest BCUT2D eigenvalue weighted by Crippen LogP contribution is -2.44. The van der Waals surface area contributed by atoms with Crippen molar-refractivity contribution < 1.29 is 22.3 Å². The van der Waals surface area contributed by atoms with Crippen molar-refractivity contribution in [1.29, 1.82) is 0 Å². The Morgan fingerprint density at radius 2 is 1.83 bits per heavy atom. The van der Waals surface area contributed by atoms with Crippen molar-refractivity contribution in [1.82, 2.24) is 4.31 Å². The summed E-state index contributed by atoms with van der Waals surface area (Å²) in [6, 6.07) is -0.282. The Hall–Kier alpha value is -0.443. The molecule has 0 spiro atoms. The molecule has 0 aromatic heterocycles. The van der Waals surface area contributed by atoms with E-state index in [1.807, 2.05) is 0 Å². The molecule has 1 fully saturated rings. The maximum atomic E-state index is 12.2. The predicted octanol–water partition coefficient (Wildman–Crippen LogP) is 3.61. The van der Waals surface area contributed by atoms with Crippen LogP contribution in [0.15, 0.2) is 0 Å². The molecule has 0 aromatic carbocycles. The van der Waals surface area contributed by atoms with Crippen LogP contribution in [0.5, 0.6) is 0 Å². The summed E-state index contributed by atoms with van der Waals surface area (Å²) in [5, 5.41) is 0.132. The van der Waals surface area contributed by atoms with Gasteiger partial charge < -0.3 is 9.16 Å². The number of ether oxygens (including phenoxy) is 1. The molecule has 0 bridgehead atoms. The third kappa shape index (κ3) is 5.85. The third-order valence-electron chi connectivity index (χ3n) is 4.15. The minimum Gasteiger partial charge on any atom is -0.443 e. The van der Waals surface area contributed by atoms with Gasteiger partial charge >= 0.3 is 6.09 Å². The number of carbonyl (C=O) groups is 1. The maximum Gasteiger partial charge on any atom is 0.424 e. The first-order valence-corrected chi connectivity index (χ1v) is 11.9. The van der Waals surface area contributed by atoms with Crippen LogP contribution in [0.1, 0.15) is 48.0 Å². The molecule has 0 N–H and O–H groups in total. The highest BCUT2D eigenvalue weighted by Crippen LogP contribution is 2.36. The summed E-state index contributed by atoms with van der Waals surface area (Å²) < 4.78 is 29.6. The van der Waals surface area contributed by atoms with Crippen molar-refractivity contribution >= 4 is 25.7 Å². The number of hydrogen-bond donors (Lipinski definition) is 0. The number of hydrogen-bond acceptors (Lipinski definition) is 5. The Morgan fingerprint density at radius 3 is 2.30 bits per heavy atom. The minimum absolute atomic E-state index is 0.132. The molecule has 1 unspecified atom stereocenters. The molecule has 1 aliphatic heterocycles. The molecule has 0 saturated carbocycles. The fraction of sp³-hybridized carbons (Fsp3) is 0.933. The van der Waals surface area contributed by atoms with Crippen molar-refractivity contribution in [3.63, 3.8) is 0 Å². The van der Waals surface area contributed by atoms with Crippen LogP contribution in [0.3, 0.4) is 0 Å². The molecule has 1 rings (SSSR count). The zero-order valence-corrected chi connectivity index (χ0v) is 17.4. The standard InChI is InChI=1S/C15H31NO5SSi/c1-14(2,3)21-13(17)16-12(11-19-22(16)18)9-10-20-23(7,8)15(4,5)6/h12H,9-11H2,1-8H3/t12-,22?/m1/s1. The van der Waals surface area contributed by atoms with E-state index >= 15 is 0 Å². The van der Waals surface area contributed by atoms with Crippen molar-refractivity contribution in [3.8, 4) is 0 Å². The van der Waals surface area contributed by atoms with Crippen LogP contribution in [0, 0.1) is 0 Å². The second-order valence-corrected chi connectivity index (χ2v) is 14.2. The fourth-order valence-electron chi connectivity index (χ4n) is 1.77. The first kappa shape index (κ1) is 20.6. The van der Waals surface area contributed by atoms with E-state index in [4.69, 9.17) is 13.3 Å². The van der Waals surface area contributed by atoms with Gasteiger partial charge in [0.05, 0.1) is 12.6 Å². The normalized spacial score (nSPS) is 23.2. The SMILES string of the molecule is CC(C)(C)OC(=O)N1[C@H](CCO[Si](C)(C)C(C)(C)C)COS1=O. The van der Waals surface area contributed by atoms with Crippen LogP contribution in [-0.2, 0) is 24.6 Å². The van der Waals surface area contributed by atoms with Crippen molar-refractivity contribution in [3.05, 3.63) is 0 Å². The number of nitrogens with zero attached hydrogens (tertiary/aromatic N) is 1. The molecule has 6 nitrogen and oxygen atoms in total. The molecule has 1 amide bonds. The monoisotopic (exact) mass is 365 g/mol. The van der Waals surface area contributed by atoms with Gasteiger partial charge in [0.15, 0.2) is 8.32 Å². The summed E-state index contributed by atoms with van der Waals surface area (Å²) in [5.74, 6) is 0. The number of carbonyl (C=O) groups excluding carboxylic acids is 1. The van der Waals surface area contributed by atoms with E-state index in [1.165, 1.54) is 4.31 Å². The Balaban J connectivity index is 2.62. The maximum absolute atomic E-state index is 12.2. The van der Waals surface area contributed by atoms with E-state index in [2.05, 4.69) is 33.9 Å². The van der Waals surface area contributed by atoms with Crippen molar-refractivity contribution in [2.45, 2.75) is 77.7 Å². The highest BCUT2D eigenvalue weighted by Gasteiger charge is 2.41. The van der Waals surface area contributed by atoms with Gasteiger partial charge in [0.1, 0.15) is 5.60 Å². The second kappa shape index (κ2) is 7.21. The van der Waals surface area contributed by atoms with E-state index in [9.17, 15) is 9.00 Å². The van der Waals surface area contributed by atoms with Crippen LogP contribution in [0.4, 0.5) is 4.79 Å². The smallest absolute Gasteiger partial charge is 0.424 e. The Bertz CT molecular complexity index is 456. The fourth-order valence-corrected chi connectivity index (χ4v) is 3.78. The van der Waals surface area contributed by atoms with Crippen molar-refractivity contribution in [2.75, 3.05) is 13.2 Å². The Morgan fingerprint density at radius 1 is 1.26 bits per heavy atom. The topological polar surface area (TPSA) is 65.1 Å². The average molecular weight is 366 g/mol. The van der Waals surface area contributed by atoms with Crippen LogP contribution < -0.4 is 0 Å². The molecule has 8 heteroatoms. The molecule has 136 valence electrons. The third-order valence-corrected chi connectivity index (χ3v) is 9.79. The lowest BCUT2D eigenvalue weighted by molar-refractivity contribution is 0.0351. The summed E-state index contributed by atoms with van der Waals surface area (Å²) in [5.41, 5.74) is -0.633. The van der Waals surface area contributed by atoms with Gasteiger partial charge in [0.25, 0.3) is 11.3 Å². The molecule has 1 heterocycles. The van der Waals surface area contributed by atoms with Gasteiger partial charge in [-0.25, -0.2) is 9.00 Å². The Labute approximate surface area is 143 Å². The minimum atomic E-state index is -1.83. The summed E-state index contributed by atoms with van der Waals surface area (Å²) in [6.07, 6.45) is -0.0250. The lowest BCUT2D eigenvalue weighted by atomic mass is 10.2. The lowest BCUT2D eigenvalue weighted by Gasteiger charge is -2.36. The van der Waals surface area contributed by atoms with Crippen LogP contribution in [0.2, 0.25) is 18.1 Å². The van der Waals surface area contributed by atoms with Gasteiger partial charge in [-0.05, 0) is 45.3 Å². The van der Waals surface area contributed by atoms with Gasteiger partial charge in [0, 0.05) is 6.61 Å². The summed E-state index contributed by atoms with van der Waals surface area (Å²) in [7, 11) is -1.83. The van der Waals surface area contributed by atoms with E-state index < -0.39 is 31.3 Å².